The van der Waals surface area contributed by atoms with Crippen molar-refractivity contribution in [3.8, 4) is 0 Å². The first-order valence-electron chi connectivity index (χ1n) is 2.96. The fourth-order valence-electron chi connectivity index (χ4n) is 0.578. The zero-order valence-corrected chi connectivity index (χ0v) is 8.37. The molecule has 0 atom stereocenters. The van der Waals surface area contributed by atoms with Gasteiger partial charge < -0.3 is 0 Å². The van der Waals surface area contributed by atoms with Crippen molar-refractivity contribution in [1.82, 2.24) is 0 Å². The lowest BCUT2D eigenvalue weighted by molar-refractivity contribution is 1.12. The van der Waals surface area contributed by atoms with E-state index in [0.29, 0.717) is 5.25 Å². The van der Waals surface area contributed by atoms with Crippen LogP contribution in [0.2, 0.25) is 0 Å². The third-order valence-corrected chi connectivity index (χ3v) is 4.75. The molecule has 60 valence electrons. The van der Waals surface area contributed by atoms with E-state index in [1.54, 1.807) is 10.8 Å². The second-order valence-electron chi connectivity index (χ2n) is 2.50. The fourth-order valence-corrected chi connectivity index (χ4v) is 4.77. The van der Waals surface area contributed by atoms with Crippen molar-refractivity contribution in [3.05, 3.63) is 10.4 Å². The standard InChI is InChI=1S/C5H13N3S2/c1-5(2)9-10(3,4)8-7-6/h5H,1-4H3. The molecule has 0 spiro atoms. The number of hydrogen-bond acceptors (Lipinski definition) is 2. The molecule has 0 rings (SSSR count). The molecule has 0 aromatic rings. The summed E-state index contributed by atoms with van der Waals surface area (Å²) in [6.45, 7) is 4.21. The summed E-state index contributed by atoms with van der Waals surface area (Å²) >= 11 is 0. The number of nitrogens with zero attached hydrogens (tertiary/aromatic N) is 3. The number of rotatable bonds is 3. The quantitative estimate of drug-likeness (QED) is 0.284. The molecule has 0 saturated carbocycles. The summed E-state index contributed by atoms with van der Waals surface area (Å²) in [7, 11) is 0.638. The zero-order valence-electron chi connectivity index (χ0n) is 6.74. The van der Waals surface area contributed by atoms with Crippen LogP contribution in [0.4, 0.5) is 0 Å². The van der Waals surface area contributed by atoms with Crippen molar-refractivity contribution in [3.63, 3.8) is 0 Å². The first-order valence-corrected chi connectivity index (χ1v) is 6.76. The Morgan fingerprint density at radius 3 is 2.30 bits per heavy atom. The van der Waals surface area contributed by atoms with Gasteiger partial charge in [0.2, 0.25) is 0 Å². The van der Waals surface area contributed by atoms with Gasteiger partial charge in [0.25, 0.3) is 0 Å². The second-order valence-corrected chi connectivity index (χ2v) is 9.18. The fraction of sp³-hybridized carbons (Fsp3) is 1.00. The number of hydrogen-bond donors (Lipinski definition) is 0. The SMILES string of the molecule is CC(C)SS(C)(C)N=[N+]=[N-]. The summed E-state index contributed by atoms with van der Waals surface area (Å²) in [5, 5.41) is 0.537. The zero-order chi connectivity index (χ0) is 8.20. The molecule has 0 bridgehead atoms. The minimum Gasteiger partial charge on any atom is -0.117 e. The van der Waals surface area contributed by atoms with Crippen LogP contribution in [0, 0.1) is 0 Å². The van der Waals surface area contributed by atoms with Crippen LogP contribution in [0.1, 0.15) is 13.8 Å². The maximum Gasteiger partial charge on any atom is 0.0101 e. The van der Waals surface area contributed by atoms with E-state index in [1.807, 2.05) is 12.5 Å². The number of azide groups is 1. The van der Waals surface area contributed by atoms with Crippen molar-refractivity contribution >= 4 is 20.0 Å². The molecule has 0 unspecified atom stereocenters. The van der Waals surface area contributed by atoms with Crippen LogP contribution in [-0.4, -0.2) is 17.8 Å². The molecule has 0 fully saturated rings. The highest BCUT2D eigenvalue weighted by molar-refractivity contribution is 8.93. The highest BCUT2D eigenvalue weighted by atomic mass is 33.2. The van der Waals surface area contributed by atoms with Gasteiger partial charge >= 0.3 is 0 Å². The van der Waals surface area contributed by atoms with Crippen LogP contribution in [0.3, 0.4) is 0 Å². The minimum absolute atomic E-state index is 0.537. The predicted molar refractivity (Wildman–Crippen MR) is 51.3 cm³/mol. The molecule has 0 aliphatic rings. The monoisotopic (exact) mass is 179 g/mol. The van der Waals surface area contributed by atoms with Crippen LogP contribution in [0.25, 0.3) is 10.4 Å². The van der Waals surface area contributed by atoms with E-state index in [-0.39, 0.29) is 0 Å². The van der Waals surface area contributed by atoms with E-state index in [2.05, 4.69) is 23.3 Å². The molecule has 0 amide bonds. The summed E-state index contributed by atoms with van der Waals surface area (Å²) in [5.74, 6) is 0. The van der Waals surface area contributed by atoms with Gasteiger partial charge in [-0.05, 0) is 22.6 Å². The molecule has 0 saturated heterocycles. The minimum atomic E-state index is -1.11. The van der Waals surface area contributed by atoms with Gasteiger partial charge in [0.1, 0.15) is 0 Å². The van der Waals surface area contributed by atoms with Crippen molar-refractivity contribution in [1.29, 1.82) is 0 Å². The van der Waals surface area contributed by atoms with E-state index in [0.717, 1.165) is 0 Å². The molecule has 0 aromatic carbocycles. The maximum absolute atomic E-state index is 8.18. The van der Waals surface area contributed by atoms with Crippen LogP contribution in [0.5, 0.6) is 0 Å². The molecule has 0 aliphatic heterocycles. The molecular weight excluding hydrogens is 166 g/mol. The Bertz CT molecular complexity index is 149. The largest absolute Gasteiger partial charge is 0.117 e. The molecule has 0 heterocycles. The topological polar surface area (TPSA) is 48.8 Å². The summed E-state index contributed by atoms with van der Waals surface area (Å²) in [6, 6.07) is 0. The Morgan fingerprint density at radius 2 is 2.00 bits per heavy atom. The lowest BCUT2D eigenvalue weighted by atomic mass is 10.6. The van der Waals surface area contributed by atoms with Crippen LogP contribution >= 0.6 is 20.0 Å². The summed E-state index contributed by atoms with van der Waals surface area (Å²) in [4.78, 5) is 2.80. The van der Waals surface area contributed by atoms with Gasteiger partial charge in [0, 0.05) is 10.2 Å². The smallest absolute Gasteiger partial charge is 0.0101 e. The summed E-state index contributed by atoms with van der Waals surface area (Å²) < 4.78 is 3.72. The van der Waals surface area contributed by atoms with Gasteiger partial charge in [0.05, 0.1) is 0 Å². The first-order chi connectivity index (χ1) is 4.48. The molecule has 0 aromatic heterocycles. The van der Waals surface area contributed by atoms with Crippen LogP contribution < -0.4 is 0 Å². The van der Waals surface area contributed by atoms with Crippen LogP contribution in [-0.2, 0) is 0 Å². The summed E-state index contributed by atoms with van der Waals surface area (Å²) in [6.07, 6.45) is 3.99. The first kappa shape index (κ1) is 10.0. The van der Waals surface area contributed by atoms with E-state index in [9.17, 15) is 0 Å². The second kappa shape index (κ2) is 4.01. The van der Waals surface area contributed by atoms with E-state index in [4.69, 9.17) is 5.53 Å². The molecule has 0 N–H and O–H groups in total. The molecule has 0 aliphatic carbocycles. The average Bonchev–Trinajstić information content (AvgIpc) is 1.59. The third kappa shape index (κ3) is 4.85. The van der Waals surface area contributed by atoms with Crippen LogP contribution in [0.15, 0.2) is 4.52 Å². The highest BCUT2D eigenvalue weighted by Crippen LogP contribution is 2.56. The van der Waals surface area contributed by atoms with Gasteiger partial charge in [-0.25, -0.2) is 0 Å². The Hall–Kier alpha value is 0.01000. The Kier molecular flexibility index (Phi) is 4.01. The molecule has 3 nitrogen and oxygen atoms in total. The van der Waals surface area contributed by atoms with Gasteiger partial charge in [0.15, 0.2) is 0 Å². The Balaban J connectivity index is 3.98. The molecule has 0 radical (unpaired) electrons. The lowest BCUT2D eigenvalue weighted by Crippen LogP contribution is -1.91. The Labute approximate surface area is 67.1 Å². The van der Waals surface area contributed by atoms with E-state index < -0.39 is 9.25 Å². The lowest BCUT2D eigenvalue weighted by Gasteiger charge is -2.24. The van der Waals surface area contributed by atoms with E-state index in [1.165, 1.54) is 0 Å². The van der Waals surface area contributed by atoms with Crippen molar-refractivity contribution in [2.75, 3.05) is 12.5 Å². The normalized spacial score (nSPS) is 12.9. The van der Waals surface area contributed by atoms with Gasteiger partial charge in [-0.1, -0.05) is 13.8 Å². The van der Waals surface area contributed by atoms with Gasteiger partial charge in [-0.2, -0.15) is 0 Å². The van der Waals surface area contributed by atoms with Crippen molar-refractivity contribution in [2.45, 2.75) is 19.1 Å². The molecular formula is C5H13N3S2. The average molecular weight is 179 g/mol. The third-order valence-electron chi connectivity index (χ3n) is 0.661. The van der Waals surface area contributed by atoms with Crippen molar-refractivity contribution < 1.29 is 0 Å². The predicted octanol–water partition coefficient (Wildman–Crippen LogP) is 3.33. The van der Waals surface area contributed by atoms with Gasteiger partial charge in [-0.15, -0.1) is 20.0 Å². The summed E-state index contributed by atoms with van der Waals surface area (Å²) in [5.41, 5.74) is 8.18. The van der Waals surface area contributed by atoms with Gasteiger partial charge in [-0.3, -0.25) is 0 Å². The van der Waals surface area contributed by atoms with Crippen molar-refractivity contribution in [2.24, 2.45) is 4.52 Å². The molecule has 5 heteroatoms. The molecule has 10 heavy (non-hydrogen) atoms. The Morgan fingerprint density at radius 1 is 1.50 bits per heavy atom. The van der Waals surface area contributed by atoms with E-state index >= 15 is 0 Å². The highest BCUT2D eigenvalue weighted by Gasteiger charge is 2.11. The maximum atomic E-state index is 8.18.